The largest absolute Gasteiger partial charge is 0.459 e. The summed E-state index contributed by atoms with van der Waals surface area (Å²) < 4.78 is 5.45. The van der Waals surface area contributed by atoms with Crippen molar-refractivity contribution in [3.8, 4) is 0 Å². The molecule has 1 N–H and O–H groups in total. The van der Waals surface area contributed by atoms with Crippen molar-refractivity contribution in [1.29, 1.82) is 0 Å². The minimum Gasteiger partial charge on any atom is -0.459 e. The van der Waals surface area contributed by atoms with Gasteiger partial charge in [-0.25, -0.2) is 0 Å². The first-order valence-corrected chi connectivity index (χ1v) is 12.0. The Morgan fingerprint density at radius 1 is 0.889 bits per heavy atom. The van der Waals surface area contributed by atoms with Crippen LogP contribution in [0.5, 0.6) is 0 Å². The lowest BCUT2D eigenvalue weighted by atomic mass is 9.87. The van der Waals surface area contributed by atoms with Gasteiger partial charge in [0, 0.05) is 23.6 Å². The van der Waals surface area contributed by atoms with E-state index >= 15 is 0 Å². The third-order valence-corrected chi connectivity index (χ3v) is 6.13. The zero-order valence-electron chi connectivity index (χ0n) is 21.0. The number of rotatable bonds is 7. The lowest BCUT2D eigenvalue weighted by molar-refractivity contribution is -0.123. The van der Waals surface area contributed by atoms with Crippen molar-refractivity contribution in [2.75, 3.05) is 4.90 Å². The molecule has 0 aliphatic rings. The number of carbonyl (C=O) groups excluding carboxylic acids is 2. The smallest absolute Gasteiger partial charge is 0.294 e. The van der Waals surface area contributed by atoms with E-state index in [1.165, 1.54) is 11.2 Å². The van der Waals surface area contributed by atoms with Gasteiger partial charge in [-0.1, -0.05) is 69.3 Å². The fourth-order valence-corrected chi connectivity index (χ4v) is 4.10. The fraction of sp³-hybridized carbons (Fsp3) is 0.233. The van der Waals surface area contributed by atoms with E-state index in [0.29, 0.717) is 11.3 Å². The highest BCUT2D eigenvalue weighted by Gasteiger charge is 2.35. The quantitative estimate of drug-likeness (QED) is 0.339. The molecule has 2 aromatic carbocycles. The molecular formula is C30H31N3O3. The summed E-state index contributed by atoms with van der Waals surface area (Å²) in [4.78, 5) is 33.4. The molecule has 4 rings (SSSR count). The number of aromatic nitrogens is 1. The topological polar surface area (TPSA) is 75.4 Å². The molecule has 36 heavy (non-hydrogen) atoms. The van der Waals surface area contributed by atoms with Gasteiger partial charge in [-0.2, -0.15) is 0 Å². The van der Waals surface area contributed by atoms with E-state index in [1.54, 1.807) is 36.7 Å². The third-order valence-electron chi connectivity index (χ3n) is 6.13. The number of hydrogen-bond acceptors (Lipinski definition) is 4. The standard InChI is InChI=1S/C30H31N3O3/c1-21(22-10-6-5-7-11-22)32-28(34)27(23-12-8-18-31-20-23)33(29(35)26-13-9-19-36-26)25-16-14-24(15-17-25)30(2,3)4/h5-21,27H,1-4H3,(H,32,34)/t21-,27?/m0/s1. The van der Waals surface area contributed by atoms with Gasteiger partial charge in [0.1, 0.15) is 6.04 Å². The monoisotopic (exact) mass is 481 g/mol. The molecule has 2 aromatic heterocycles. The van der Waals surface area contributed by atoms with Crippen LogP contribution < -0.4 is 10.2 Å². The summed E-state index contributed by atoms with van der Waals surface area (Å²) >= 11 is 0. The Kier molecular flexibility index (Phi) is 7.34. The van der Waals surface area contributed by atoms with Gasteiger partial charge in [0.05, 0.1) is 12.3 Å². The van der Waals surface area contributed by atoms with E-state index in [4.69, 9.17) is 4.42 Å². The van der Waals surface area contributed by atoms with Crippen molar-refractivity contribution in [3.05, 3.63) is 120 Å². The number of benzene rings is 2. The van der Waals surface area contributed by atoms with Crippen LogP contribution in [0.1, 0.15) is 67.0 Å². The number of amides is 2. The van der Waals surface area contributed by atoms with Crippen LogP contribution in [0, 0.1) is 0 Å². The minimum absolute atomic E-state index is 0.0559. The number of nitrogens with zero attached hydrogens (tertiary/aromatic N) is 2. The summed E-state index contributed by atoms with van der Waals surface area (Å²) in [6.45, 7) is 8.31. The van der Waals surface area contributed by atoms with Crippen molar-refractivity contribution >= 4 is 17.5 Å². The second kappa shape index (κ2) is 10.6. The maximum absolute atomic E-state index is 13.9. The van der Waals surface area contributed by atoms with Crippen molar-refractivity contribution in [2.24, 2.45) is 0 Å². The van der Waals surface area contributed by atoms with Gasteiger partial charge >= 0.3 is 0 Å². The van der Waals surface area contributed by atoms with Gasteiger partial charge in [-0.3, -0.25) is 19.5 Å². The molecule has 6 nitrogen and oxygen atoms in total. The Morgan fingerprint density at radius 3 is 2.17 bits per heavy atom. The van der Waals surface area contributed by atoms with Gasteiger partial charge in [-0.05, 0) is 53.8 Å². The Labute approximate surface area is 212 Å². The molecule has 0 aliphatic carbocycles. The molecule has 0 aliphatic heterocycles. The van der Waals surface area contributed by atoms with Crippen LogP contribution in [0.4, 0.5) is 5.69 Å². The van der Waals surface area contributed by atoms with Crippen molar-refractivity contribution in [3.63, 3.8) is 0 Å². The normalized spacial score (nSPS) is 13.0. The Morgan fingerprint density at radius 2 is 1.58 bits per heavy atom. The zero-order chi connectivity index (χ0) is 25.7. The van der Waals surface area contributed by atoms with Crippen LogP contribution in [0.2, 0.25) is 0 Å². The lowest BCUT2D eigenvalue weighted by Crippen LogP contribution is -2.44. The van der Waals surface area contributed by atoms with E-state index in [1.807, 2.05) is 61.5 Å². The highest BCUT2D eigenvalue weighted by atomic mass is 16.3. The lowest BCUT2D eigenvalue weighted by Gasteiger charge is -2.32. The summed E-state index contributed by atoms with van der Waals surface area (Å²) in [6.07, 6.45) is 4.70. The van der Waals surface area contributed by atoms with Crippen LogP contribution in [0.15, 0.2) is 102 Å². The molecule has 184 valence electrons. The third kappa shape index (κ3) is 5.54. The first-order valence-electron chi connectivity index (χ1n) is 12.0. The van der Waals surface area contributed by atoms with E-state index in [-0.39, 0.29) is 23.1 Å². The molecule has 0 saturated carbocycles. The van der Waals surface area contributed by atoms with Crippen LogP contribution in [0.25, 0.3) is 0 Å². The number of furan rings is 1. The van der Waals surface area contributed by atoms with E-state index in [2.05, 4.69) is 31.1 Å². The van der Waals surface area contributed by atoms with Crippen molar-refractivity contribution < 1.29 is 14.0 Å². The molecule has 0 radical (unpaired) electrons. The molecule has 0 fully saturated rings. The summed E-state index contributed by atoms with van der Waals surface area (Å²) in [5.41, 5.74) is 3.21. The fourth-order valence-electron chi connectivity index (χ4n) is 4.10. The van der Waals surface area contributed by atoms with Crippen LogP contribution >= 0.6 is 0 Å². The number of pyridine rings is 1. The second-order valence-corrected chi connectivity index (χ2v) is 9.78. The molecule has 2 amide bonds. The van der Waals surface area contributed by atoms with Gasteiger partial charge < -0.3 is 9.73 Å². The molecule has 1 unspecified atom stereocenters. The van der Waals surface area contributed by atoms with Gasteiger partial charge in [-0.15, -0.1) is 0 Å². The molecular weight excluding hydrogens is 450 g/mol. The minimum atomic E-state index is -0.969. The van der Waals surface area contributed by atoms with Crippen LogP contribution in [0.3, 0.4) is 0 Å². The van der Waals surface area contributed by atoms with Gasteiger partial charge in [0.2, 0.25) is 5.91 Å². The van der Waals surface area contributed by atoms with Crippen molar-refractivity contribution in [2.45, 2.75) is 45.2 Å². The molecule has 6 heteroatoms. The zero-order valence-corrected chi connectivity index (χ0v) is 21.0. The molecule has 0 saturated heterocycles. The molecule has 0 bridgehead atoms. The summed E-state index contributed by atoms with van der Waals surface area (Å²) in [5, 5.41) is 3.09. The first-order chi connectivity index (χ1) is 17.3. The predicted molar refractivity (Wildman–Crippen MR) is 141 cm³/mol. The maximum atomic E-state index is 13.9. The van der Waals surface area contributed by atoms with E-state index in [9.17, 15) is 9.59 Å². The summed E-state index contributed by atoms with van der Waals surface area (Å²) in [6, 6.07) is 23.0. The molecule has 2 heterocycles. The summed E-state index contributed by atoms with van der Waals surface area (Å²) in [5.74, 6) is -0.591. The average molecular weight is 482 g/mol. The van der Waals surface area contributed by atoms with Gasteiger partial charge in [0.25, 0.3) is 5.91 Å². The van der Waals surface area contributed by atoms with Gasteiger partial charge in [0.15, 0.2) is 5.76 Å². The Bertz CT molecular complexity index is 1280. The second-order valence-electron chi connectivity index (χ2n) is 9.78. The van der Waals surface area contributed by atoms with Crippen molar-refractivity contribution in [1.82, 2.24) is 10.3 Å². The average Bonchev–Trinajstić information content (AvgIpc) is 3.42. The SMILES string of the molecule is C[C@H](NC(=O)C(c1cccnc1)N(C(=O)c1ccco1)c1ccc(C(C)(C)C)cc1)c1ccccc1. The predicted octanol–water partition coefficient (Wildman–Crippen LogP) is 6.24. The maximum Gasteiger partial charge on any atom is 0.294 e. The Hall–Kier alpha value is -4.19. The first kappa shape index (κ1) is 24.9. The van der Waals surface area contributed by atoms with E-state index in [0.717, 1.165) is 11.1 Å². The number of carbonyl (C=O) groups is 2. The molecule has 2 atom stereocenters. The number of anilines is 1. The Balaban J connectivity index is 1.79. The van der Waals surface area contributed by atoms with Crippen LogP contribution in [-0.4, -0.2) is 16.8 Å². The molecule has 0 spiro atoms. The summed E-state index contributed by atoms with van der Waals surface area (Å²) in [7, 11) is 0. The van der Waals surface area contributed by atoms with E-state index < -0.39 is 11.9 Å². The number of nitrogens with one attached hydrogen (secondary N) is 1. The highest BCUT2D eigenvalue weighted by molar-refractivity contribution is 6.08. The molecule has 4 aromatic rings. The highest BCUT2D eigenvalue weighted by Crippen LogP contribution is 2.32. The number of hydrogen-bond donors (Lipinski definition) is 1. The van der Waals surface area contributed by atoms with Crippen LogP contribution in [-0.2, 0) is 10.2 Å².